The lowest BCUT2D eigenvalue weighted by atomic mass is 10.2. The predicted octanol–water partition coefficient (Wildman–Crippen LogP) is 2.09. The Morgan fingerprint density at radius 1 is 1.54 bits per heavy atom. The predicted molar refractivity (Wildman–Crippen MR) is 51.3 cm³/mol. The minimum absolute atomic E-state index is 0.149. The van der Waals surface area contributed by atoms with E-state index in [4.69, 9.17) is 14.9 Å². The van der Waals surface area contributed by atoms with Crippen molar-refractivity contribution in [2.45, 2.75) is 32.4 Å². The van der Waals surface area contributed by atoms with Gasteiger partial charge in [0.1, 0.15) is 5.76 Å². The number of nitrogens with two attached hydrogens (primary N) is 1. The van der Waals surface area contributed by atoms with Crippen LogP contribution in [0.1, 0.15) is 32.6 Å². The monoisotopic (exact) mass is 183 g/mol. The first-order valence-electron chi connectivity index (χ1n) is 4.42. The molecule has 0 amide bonds. The van der Waals surface area contributed by atoms with Gasteiger partial charge in [0.05, 0.1) is 24.5 Å². The Labute approximate surface area is 78.9 Å². The summed E-state index contributed by atoms with van der Waals surface area (Å²) in [6.07, 6.45) is 1.62. The van der Waals surface area contributed by atoms with Crippen molar-refractivity contribution in [1.82, 2.24) is 0 Å². The molecule has 0 aliphatic heterocycles. The molecule has 1 rings (SSSR count). The fourth-order valence-electron chi connectivity index (χ4n) is 0.924. The quantitative estimate of drug-likeness (QED) is 0.780. The summed E-state index contributed by atoms with van der Waals surface area (Å²) in [5, 5.41) is 0. The van der Waals surface area contributed by atoms with Gasteiger partial charge in [-0.3, -0.25) is 0 Å². The molecule has 1 aromatic heterocycles. The minimum atomic E-state index is -0.172. The van der Waals surface area contributed by atoms with Crippen LogP contribution in [0.3, 0.4) is 0 Å². The van der Waals surface area contributed by atoms with Crippen molar-refractivity contribution in [2.24, 2.45) is 5.73 Å². The van der Waals surface area contributed by atoms with E-state index < -0.39 is 0 Å². The molecule has 3 nitrogen and oxygen atoms in total. The van der Waals surface area contributed by atoms with E-state index in [0.717, 1.165) is 5.76 Å². The smallest absolute Gasteiger partial charge is 0.122 e. The van der Waals surface area contributed by atoms with Crippen LogP contribution in [0.5, 0.6) is 0 Å². The average molecular weight is 183 g/mol. The minimum Gasteiger partial charge on any atom is -0.468 e. The van der Waals surface area contributed by atoms with Crippen molar-refractivity contribution < 1.29 is 9.15 Å². The molecule has 1 aromatic rings. The van der Waals surface area contributed by atoms with Crippen LogP contribution in [0.25, 0.3) is 0 Å². The van der Waals surface area contributed by atoms with Gasteiger partial charge in [-0.15, -0.1) is 0 Å². The van der Waals surface area contributed by atoms with Gasteiger partial charge in [0.2, 0.25) is 0 Å². The molecule has 0 spiro atoms. The highest BCUT2D eigenvalue weighted by Crippen LogP contribution is 2.14. The van der Waals surface area contributed by atoms with Crippen LogP contribution < -0.4 is 5.73 Å². The first-order chi connectivity index (χ1) is 5.99. The van der Waals surface area contributed by atoms with Gasteiger partial charge < -0.3 is 14.9 Å². The Hall–Kier alpha value is -0.800. The van der Waals surface area contributed by atoms with Crippen LogP contribution in [0.4, 0.5) is 0 Å². The maximum atomic E-state index is 5.83. The van der Waals surface area contributed by atoms with Crippen molar-refractivity contribution in [2.75, 3.05) is 6.61 Å². The molecule has 13 heavy (non-hydrogen) atoms. The van der Waals surface area contributed by atoms with Gasteiger partial charge in [0.15, 0.2) is 0 Å². The van der Waals surface area contributed by atoms with Crippen LogP contribution in [-0.4, -0.2) is 12.2 Å². The fourth-order valence-corrected chi connectivity index (χ4v) is 0.924. The van der Waals surface area contributed by atoms with Gasteiger partial charge in [-0.25, -0.2) is 0 Å². The van der Waals surface area contributed by atoms with Gasteiger partial charge in [-0.1, -0.05) is 0 Å². The summed E-state index contributed by atoms with van der Waals surface area (Å²) >= 11 is 0. The third-order valence-electron chi connectivity index (χ3n) is 1.60. The summed E-state index contributed by atoms with van der Waals surface area (Å²) in [5.41, 5.74) is 5.68. The van der Waals surface area contributed by atoms with E-state index in [-0.39, 0.29) is 11.6 Å². The van der Waals surface area contributed by atoms with E-state index >= 15 is 0 Å². The summed E-state index contributed by atoms with van der Waals surface area (Å²) in [5.74, 6) is 0.768. The molecule has 0 radical (unpaired) electrons. The molecule has 1 unspecified atom stereocenters. The van der Waals surface area contributed by atoms with Gasteiger partial charge in [-0.2, -0.15) is 0 Å². The second-order valence-electron chi connectivity index (χ2n) is 4.05. The topological polar surface area (TPSA) is 48.4 Å². The molecular weight excluding hydrogens is 166 g/mol. The third-order valence-corrected chi connectivity index (χ3v) is 1.60. The number of hydrogen-bond donors (Lipinski definition) is 1. The highest BCUT2D eigenvalue weighted by Gasteiger charge is 2.15. The molecule has 3 heteroatoms. The van der Waals surface area contributed by atoms with E-state index in [1.54, 1.807) is 6.26 Å². The molecule has 0 saturated heterocycles. The third kappa shape index (κ3) is 3.61. The number of rotatable bonds is 3. The maximum Gasteiger partial charge on any atom is 0.122 e. The fraction of sp³-hybridized carbons (Fsp3) is 0.600. The van der Waals surface area contributed by atoms with Gasteiger partial charge in [-0.05, 0) is 32.9 Å². The lowest BCUT2D eigenvalue weighted by Gasteiger charge is -2.21. The van der Waals surface area contributed by atoms with Crippen molar-refractivity contribution in [3.63, 3.8) is 0 Å². The molecule has 74 valence electrons. The van der Waals surface area contributed by atoms with Crippen LogP contribution in [0.2, 0.25) is 0 Å². The molecule has 0 bridgehead atoms. The summed E-state index contributed by atoms with van der Waals surface area (Å²) < 4.78 is 10.7. The number of furan rings is 1. The first kappa shape index (κ1) is 10.3. The van der Waals surface area contributed by atoms with E-state index in [9.17, 15) is 0 Å². The number of hydrogen-bond acceptors (Lipinski definition) is 3. The lowest BCUT2D eigenvalue weighted by Crippen LogP contribution is -2.26. The second kappa shape index (κ2) is 3.94. The first-order valence-corrected chi connectivity index (χ1v) is 4.42. The molecule has 1 atom stereocenters. The van der Waals surface area contributed by atoms with E-state index in [1.165, 1.54) is 0 Å². The van der Waals surface area contributed by atoms with Gasteiger partial charge in [0, 0.05) is 0 Å². The highest BCUT2D eigenvalue weighted by atomic mass is 16.5. The Balaban J connectivity index is 2.39. The molecule has 0 aliphatic rings. The summed E-state index contributed by atoms with van der Waals surface area (Å²) in [4.78, 5) is 0. The van der Waals surface area contributed by atoms with Crippen molar-refractivity contribution >= 4 is 0 Å². The van der Waals surface area contributed by atoms with E-state index in [2.05, 4.69) is 0 Å². The van der Waals surface area contributed by atoms with Crippen molar-refractivity contribution in [3.8, 4) is 0 Å². The Kier molecular flexibility index (Phi) is 3.12. The Bertz CT molecular complexity index is 236. The van der Waals surface area contributed by atoms with Crippen molar-refractivity contribution in [1.29, 1.82) is 0 Å². The molecule has 0 aliphatic carbocycles. The molecule has 2 N–H and O–H groups in total. The highest BCUT2D eigenvalue weighted by molar-refractivity contribution is 5.03. The zero-order valence-electron chi connectivity index (χ0n) is 8.41. The van der Waals surface area contributed by atoms with Crippen LogP contribution in [0.15, 0.2) is 22.8 Å². The van der Waals surface area contributed by atoms with E-state index in [0.29, 0.717) is 6.61 Å². The molecular formula is C10H17NO2. The summed E-state index contributed by atoms with van der Waals surface area (Å²) in [6.45, 7) is 6.49. The Morgan fingerprint density at radius 3 is 2.69 bits per heavy atom. The molecule has 0 saturated carbocycles. The van der Waals surface area contributed by atoms with Gasteiger partial charge >= 0.3 is 0 Å². The van der Waals surface area contributed by atoms with Crippen LogP contribution in [0, 0.1) is 0 Å². The molecule has 0 aromatic carbocycles. The largest absolute Gasteiger partial charge is 0.468 e. The normalized spacial score (nSPS) is 14.5. The maximum absolute atomic E-state index is 5.83. The van der Waals surface area contributed by atoms with Crippen molar-refractivity contribution in [3.05, 3.63) is 24.2 Å². The zero-order chi connectivity index (χ0) is 9.90. The SMILES string of the molecule is CC(C)(C)OCC(N)c1ccco1. The molecule has 0 fully saturated rings. The summed E-state index contributed by atoms with van der Waals surface area (Å²) in [6, 6.07) is 3.51. The average Bonchev–Trinajstić information content (AvgIpc) is 2.50. The Morgan fingerprint density at radius 2 is 2.23 bits per heavy atom. The van der Waals surface area contributed by atoms with Gasteiger partial charge in [0.25, 0.3) is 0 Å². The second-order valence-corrected chi connectivity index (χ2v) is 4.05. The van der Waals surface area contributed by atoms with Crippen LogP contribution in [-0.2, 0) is 4.74 Å². The number of ether oxygens (including phenoxy) is 1. The zero-order valence-corrected chi connectivity index (χ0v) is 8.41. The standard InChI is InChI=1S/C10H17NO2/c1-10(2,3)13-7-8(11)9-5-4-6-12-9/h4-6,8H,7,11H2,1-3H3. The van der Waals surface area contributed by atoms with E-state index in [1.807, 2.05) is 32.9 Å². The summed E-state index contributed by atoms with van der Waals surface area (Å²) in [7, 11) is 0. The lowest BCUT2D eigenvalue weighted by molar-refractivity contribution is -0.0123. The van der Waals surface area contributed by atoms with Crippen LogP contribution >= 0.6 is 0 Å². The molecule has 1 heterocycles.